The largest absolute Gasteiger partial charge is 0.467 e. The minimum atomic E-state index is -0.986. The Hall–Kier alpha value is -2.70. The molecule has 0 radical (unpaired) electrons. The molecule has 27 heavy (non-hydrogen) atoms. The van der Waals surface area contributed by atoms with Crippen LogP contribution >= 0.6 is 0 Å². The molecule has 2 amide bonds. The Kier molecular flexibility index (Phi) is 5.30. The number of hydrogen-bond acceptors (Lipinski definition) is 5. The predicted octanol–water partition coefficient (Wildman–Crippen LogP) is 2.39. The summed E-state index contributed by atoms with van der Waals surface area (Å²) in [4.78, 5) is 37.5. The Morgan fingerprint density at radius 1 is 1.19 bits per heavy atom. The lowest BCUT2D eigenvalue weighted by Crippen LogP contribution is -2.55. The summed E-state index contributed by atoms with van der Waals surface area (Å²) in [6.45, 7) is 3.84. The molecule has 1 fully saturated rings. The van der Waals surface area contributed by atoms with Gasteiger partial charge in [-0.15, -0.1) is 0 Å². The van der Waals surface area contributed by atoms with Crippen LogP contribution in [0.25, 0.3) is 0 Å². The summed E-state index contributed by atoms with van der Waals surface area (Å²) in [5.74, 6) is -0.985. The zero-order valence-electron chi connectivity index (χ0n) is 16.0. The van der Waals surface area contributed by atoms with Gasteiger partial charge in [-0.3, -0.25) is 9.59 Å². The molecule has 144 valence electrons. The van der Waals surface area contributed by atoms with Crippen molar-refractivity contribution in [2.45, 2.75) is 57.9 Å². The number of ether oxygens (including phenoxy) is 1. The average Bonchev–Trinajstić information content (AvgIpc) is 3.13. The fraction of sp³-hybridized carbons (Fsp3) is 0.500. The maximum absolute atomic E-state index is 12.8. The van der Waals surface area contributed by atoms with Gasteiger partial charge in [0, 0.05) is 12.8 Å². The molecule has 1 saturated carbocycles. The topological polar surface area (TPSA) is 88.1 Å². The van der Waals surface area contributed by atoms with Crippen LogP contribution in [0.15, 0.2) is 23.3 Å². The van der Waals surface area contributed by atoms with Crippen molar-refractivity contribution >= 4 is 29.2 Å². The van der Waals surface area contributed by atoms with Gasteiger partial charge in [0.05, 0.1) is 12.8 Å². The second-order valence-corrected chi connectivity index (χ2v) is 7.28. The van der Waals surface area contributed by atoms with Crippen molar-refractivity contribution in [1.82, 2.24) is 5.32 Å². The van der Waals surface area contributed by atoms with E-state index in [0.717, 1.165) is 24.0 Å². The highest BCUT2D eigenvalue weighted by atomic mass is 16.5. The molecule has 1 N–H and O–H groups in total. The molecule has 1 aromatic carbocycles. The molecule has 1 heterocycles. The maximum Gasteiger partial charge on any atom is 0.331 e. The van der Waals surface area contributed by atoms with E-state index in [0.29, 0.717) is 18.5 Å². The first-order valence-electron chi connectivity index (χ1n) is 9.25. The number of benzene rings is 1. The predicted molar refractivity (Wildman–Crippen MR) is 101 cm³/mol. The molecule has 0 atom stereocenters. The molecule has 0 bridgehead atoms. The van der Waals surface area contributed by atoms with E-state index in [1.165, 1.54) is 12.1 Å². The number of methoxy groups -OCH3 is 1. The van der Waals surface area contributed by atoms with Crippen LogP contribution in [-0.4, -0.2) is 36.1 Å². The molecule has 7 nitrogen and oxygen atoms in total. The lowest BCUT2D eigenvalue weighted by atomic mass is 9.97. The van der Waals surface area contributed by atoms with Gasteiger partial charge in [0.15, 0.2) is 0 Å². The first-order valence-corrected chi connectivity index (χ1v) is 9.25. The summed E-state index contributed by atoms with van der Waals surface area (Å²) < 4.78 is 4.90. The Balaban J connectivity index is 1.87. The molecular weight excluding hydrogens is 346 g/mol. The van der Waals surface area contributed by atoms with E-state index in [4.69, 9.17) is 4.74 Å². The lowest BCUT2D eigenvalue weighted by molar-refractivity contribution is -0.150. The monoisotopic (exact) mass is 371 g/mol. The third-order valence-electron chi connectivity index (χ3n) is 5.27. The Morgan fingerprint density at radius 3 is 2.56 bits per heavy atom. The molecule has 2 aliphatic rings. The minimum Gasteiger partial charge on any atom is -0.467 e. The number of aryl methyl sites for hydroxylation is 2. The summed E-state index contributed by atoms with van der Waals surface area (Å²) in [5.41, 5.74) is 1.85. The molecule has 1 aromatic rings. The number of nitrogens with zero attached hydrogens (tertiary/aromatic N) is 2. The van der Waals surface area contributed by atoms with Gasteiger partial charge >= 0.3 is 5.97 Å². The second-order valence-electron chi connectivity index (χ2n) is 7.28. The standard InChI is InChI=1S/C20H25N3O4/c1-13-6-7-14(2)16(12-13)23-17(24)9-8-15(22-23)18(25)21-20(19(26)27-3)10-4-5-11-20/h6-7,12H,4-5,8-11H2,1-3H3,(H,21,25). The average molecular weight is 371 g/mol. The van der Waals surface area contributed by atoms with Crippen LogP contribution < -0.4 is 10.3 Å². The number of amides is 2. The molecule has 3 rings (SSSR count). The van der Waals surface area contributed by atoms with Crippen LogP contribution in [0, 0.1) is 13.8 Å². The smallest absolute Gasteiger partial charge is 0.331 e. The van der Waals surface area contributed by atoms with Crippen molar-refractivity contribution < 1.29 is 19.1 Å². The number of nitrogens with one attached hydrogen (secondary N) is 1. The van der Waals surface area contributed by atoms with E-state index in [9.17, 15) is 14.4 Å². The fourth-order valence-electron chi connectivity index (χ4n) is 3.70. The number of anilines is 1. The summed E-state index contributed by atoms with van der Waals surface area (Å²) in [5, 5.41) is 8.48. The van der Waals surface area contributed by atoms with Crippen molar-refractivity contribution in [3.63, 3.8) is 0 Å². The maximum atomic E-state index is 12.8. The number of esters is 1. The number of rotatable bonds is 4. The molecule has 0 spiro atoms. The van der Waals surface area contributed by atoms with Gasteiger partial charge in [-0.25, -0.2) is 9.80 Å². The molecule has 0 unspecified atom stereocenters. The van der Waals surface area contributed by atoms with Gasteiger partial charge in [0.25, 0.3) is 5.91 Å². The quantitative estimate of drug-likeness (QED) is 0.823. The molecule has 1 aliphatic carbocycles. The highest BCUT2D eigenvalue weighted by Gasteiger charge is 2.44. The van der Waals surface area contributed by atoms with Crippen molar-refractivity contribution in [3.05, 3.63) is 29.3 Å². The number of carbonyl (C=O) groups is 3. The van der Waals surface area contributed by atoms with Gasteiger partial charge in [0.2, 0.25) is 5.91 Å². The number of carbonyl (C=O) groups excluding carboxylic acids is 3. The van der Waals surface area contributed by atoms with Gasteiger partial charge in [0.1, 0.15) is 11.3 Å². The highest BCUT2D eigenvalue weighted by molar-refractivity contribution is 6.40. The van der Waals surface area contributed by atoms with Crippen LogP contribution in [0.1, 0.15) is 49.7 Å². The molecule has 0 saturated heterocycles. The number of hydrogen-bond donors (Lipinski definition) is 1. The fourth-order valence-corrected chi connectivity index (χ4v) is 3.70. The molecule has 0 aromatic heterocycles. The van der Waals surface area contributed by atoms with E-state index in [1.807, 2.05) is 32.0 Å². The summed E-state index contributed by atoms with van der Waals surface area (Å²) in [6.07, 6.45) is 3.27. The van der Waals surface area contributed by atoms with Crippen LogP contribution in [0.5, 0.6) is 0 Å². The van der Waals surface area contributed by atoms with Gasteiger partial charge in [-0.2, -0.15) is 5.10 Å². The Bertz CT molecular complexity index is 809. The Labute approximate surface area is 158 Å². The molecule has 1 aliphatic heterocycles. The summed E-state index contributed by atoms with van der Waals surface area (Å²) in [7, 11) is 1.33. The first-order chi connectivity index (χ1) is 12.9. The Morgan fingerprint density at radius 2 is 1.89 bits per heavy atom. The minimum absolute atomic E-state index is 0.149. The van der Waals surface area contributed by atoms with Crippen LogP contribution in [0.2, 0.25) is 0 Å². The zero-order chi connectivity index (χ0) is 19.6. The van der Waals surface area contributed by atoms with E-state index in [-0.39, 0.29) is 24.5 Å². The summed E-state index contributed by atoms with van der Waals surface area (Å²) >= 11 is 0. The lowest BCUT2D eigenvalue weighted by Gasteiger charge is -2.29. The van der Waals surface area contributed by atoms with Crippen molar-refractivity contribution in [2.75, 3.05) is 12.1 Å². The zero-order valence-corrected chi connectivity index (χ0v) is 16.0. The van der Waals surface area contributed by atoms with E-state index in [2.05, 4.69) is 10.4 Å². The van der Waals surface area contributed by atoms with Crippen molar-refractivity contribution in [1.29, 1.82) is 0 Å². The van der Waals surface area contributed by atoms with E-state index >= 15 is 0 Å². The van der Waals surface area contributed by atoms with Gasteiger partial charge in [-0.05, 0) is 43.9 Å². The first kappa shape index (κ1) is 19.1. The van der Waals surface area contributed by atoms with Crippen molar-refractivity contribution in [2.24, 2.45) is 5.10 Å². The second kappa shape index (κ2) is 7.50. The highest BCUT2D eigenvalue weighted by Crippen LogP contribution is 2.31. The van der Waals surface area contributed by atoms with Crippen LogP contribution in [0.3, 0.4) is 0 Å². The van der Waals surface area contributed by atoms with Gasteiger partial charge < -0.3 is 10.1 Å². The van der Waals surface area contributed by atoms with Crippen LogP contribution in [-0.2, 0) is 19.1 Å². The molecule has 7 heteroatoms. The van der Waals surface area contributed by atoms with E-state index < -0.39 is 17.4 Å². The van der Waals surface area contributed by atoms with Gasteiger partial charge in [-0.1, -0.05) is 25.0 Å². The SMILES string of the molecule is COC(=O)C1(NC(=O)C2=NN(c3cc(C)ccc3C)C(=O)CC2)CCCC1. The summed E-state index contributed by atoms with van der Waals surface area (Å²) in [6, 6.07) is 5.77. The third kappa shape index (κ3) is 3.72. The van der Waals surface area contributed by atoms with Crippen molar-refractivity contribution in [3.8, 4) is 0 Å². The van der Waals surface area contributed by atoms with Crippen LogP contribution in [0.4, 0.5) is 5.69 Å². The molecular formula is C20H25N3O4. The van der Waals surface area contributed by atoms with E-state index in [1.54, 1.807) is 0 Å². The number of hydrazone groups is 1. The third-order valence-corrected chi connectivity index (χ3v) is 5.27. The normalized spacial score (nSPS) is 18.9.